The van der Waals surface area contributed by atoms with E-state index in [0.717, 1.165) is 19.3 Å². The molecule has 1 N–H and O–H groups in total. The lowest BCUT2D eigenvalue weighted by atomic mass is 9.94. The third-order valence-electron chi connectivity index (χ3n) is 3.70. The first-order chi connectivity index (χ1) is 8.12. The molecule has 1 aliphatic rings. The van der Waals surface area contributed by atoms with Crippen LogP contribution >= 0.6 is 0 Å². The first kappa shape index (κ1) is 15.9. The lowest BCUT2D eigenvalue weighted by Gasteiger charge is -2.25. The molecule has 5 heteroatoms. The summed E-state index contributed by atoms with van der Waals surface area (Å²) in [4.78, 5) is 0. The van der Waals surface area contributed by atoms with E-state index in [4.69, 9.17) is 0 Å². The smallest absolute Gasteiger partial charge is 0.213 e. The highest BCUT2D eigenvalue weighted by Gasteiger charge is 2.30. The van der Waals surface area contributed by atoms with Crippen molar-refractivity contribution in [2.24, 2.45) is 11.3 Å². The first-order valence-electron chi connectivity index (χ1n) is 6.74. The van der Waals surface area contributed by atoms with Crippen LogP contribution in [0.3, 0.4) is 0 Å². The van der Waals surface area contributed by atoms with E-state index in [9.17, 15) is 13.5 Å². The van der Waals surface area contributed by atoms with Gasteiger partial charge in [-0.15, -0.1) is 0 Å². The van der Waals surface area contributed by atoms with Gasteiger partial charge in [0.2, 0.25) is 10.0 Å². The van der Waals surface area contributed by atoms with Crippen molar-refractivity contribution in [3.63, 3.8) is 0 Å². The predicted octanol–water partition coefficient (Wildman–Crippen LogP) is 1.85. The Hall–Kier alpha value is -0.130. The molecule has 0 aromatic rings. The highest BCUT2D eigenvalue weighted by atomic mass is 32.2. The molecule has 0 saturated heterocycles. The highest BCUT2D eigenvalue weighted by molar-refractivity contribution is 7.89. The third-order valence-corrected chi connectivity index (χ3v) is 5.51. The Labute approximate surface area is 111 Å². The van der Waals surface area contributed by atoms with Crippen LogP contribution in [0.4, 0.5) is 0 Å². The zero-order chi connectivity index (χ0) is 14.0. The van der Waals surface area contributed by atoms with Crippen molar-refractivity contribution in [2.45, 2.75) is 52.6 Å². The monoisotopic (exact) mass is 277 g/mol. The van der Waals surface area contributed by atoms with Crippen molar-refractivity contribution in [1.82, 2.24) is 4.31 Å². The van der Waals surface area contributed by atoms with Crippen molar-refractivity contribution < 1.29 is 13.5 Å². The molecule has 1 fully saturated rings. The van der Waals surface area contributed by atoms with E-state index >= 15 is 0 Å². The molecule has 0 aliphatic heterocycles. The minimum atomic E-state index is -3.18. The van der Waals surface area contributed by atoms with Crippen molar-refractivity contribution in [2.75, 3.05) is 19.3 Å². The molecule has 0 aromatic heterocycles. The molecular weight excluding hydrogens is 250 g/mol. The van der Waals surface area contributed by atoms with Gasteiger partial charge in [0, 0.05) is 13.6 Å². The Bertz CT molecular complexity index is 359. The predicted molar refractivity (Wildman–Crippen MR) is 73.8 cm³/mol. The van der Waals surface area contributed by atoms with Gasteiger partial charge in [-0.1, -0.05) is 27.2 Å². The van der Waals surface area contributed by atoms with Gasteiger partial charge in [0.05, 0.1) is 11.9 Å². The molecule has 0 radical (unpaired) electrons. The summed E-state index contributed by atoms with van der Waals surface area (Å²) in [7, 11) is -1.55. The molecule has 0 amide bonds. The SMILES string of the molecule is CN(CC1CCCC1O)S(=O)(=O)CCC(C)(C)C. The second-order valence-corrected chi connectivity index (χ2v) is 8.86. The average Bonchev–Trinajstić information content (AvgIpc) is 2.61. The van der Waals surface area contributed by atoms with Crippen molar-refractivity contribution in [3.05, 3.63) is 0 Å². The van der Waals surface area contributed by atoms with E-state index in [2.05, 4.69) is 0 Å². The standard InChI is InChI=1S/C13H27NO3S/c1-13(2,3)8-9-18(16,17)14(4)10-11-6-5-7-12(11)15/h11-12,15H,5-10H2,1-4H3. The molecule has 0 bridgehead atoms. The fourth-order valence-electron chi connectivity index (χ4n) is 2.27. The second-order valence-electron chi connectivity index (χ2n) is 6.67. The fraction of sp³-hybridized carbons (Fsp3) is 1.00. The summed E-state index contributed by atoms with van der Waals surface area (Å²) < 4.78 is 25.7. The maximum absolute atomic E-state index is 12.1. The van der Waals surface area contributed by atoms with Gasteiger partial charge in [0.15, 0.2) is 0 Å². The van der Waals surface area contributed by atoms with Crippen LogP contribution in [-0.4, -0.2) is 43.3 Å². The molecule has 2 atom stereocenters. The molecule has 0 heterocycles. The Morgan fingerprint density at radius 1 is 1.28 bits per heavy atom. The number of nitrogens with zero attached hydrogens (tertiary/aromatic N) is 1. The van der Waals surface area contributed by atoms with Crippen LogP contribution in [0.5, 0.6) is 0 Å². The van der Waals surface area contributed by atoms with Gasteiger partial charge in [0.25, 0.3) is 0 Å². The summed E-state index contributed by atoms with van der Waals surface area (Å²) in [6.07, 6.45) is 3.07. The van der Waals surface area contributed by atoms with Gasteiger partial charge in [0.1, 0.15) is 0 Å². The molecule has 108 valence electrons. The summed E-state index contributed by atoms with van der Waals surface area (Å²) in [5.74, 6) is 0.301. The highest BCUT2D eigenvalue weighted by Crippen LogP contribution is 2.27. The second kappa shape index (κ2) is 5.88. The van der Waals surface area contributed by atoms with E-state index in [-0.39, 0.29) is 23.2 Å². The normalized spacial score (nSPS) is 25.9. The van der Waals surface area contributed by atoms with Crippen LogP contribution in [0.15, 0.2) is 0 Å². The molecule has 2 unspecified atom stereocenters. The average molecular weight is 277 g/mol. The number of rotatable bonds is 5. The number of hydrogen-bond donors (Lipinski definition) is 1. The summed E-state index contributed by atoms with van der Waals surface area (Å²) in [6.45, 7) is 6.59. The van der Waals surface area contributed by atoms with Gasteiger partial charge in [-0.05, 0) is 30.6 Å². The zero-order valence-corrected chi connectivity index (χ0v) is 12.8. The van der Waals surface area contributed by atoms with E-state index in [1.54, 1.807) is 7.05 Å². The molecule has 0 aromatic carbocycles. The maximum Gasteiger partial charge on any atom is 0.213 e. The summed E-state index contributed by atoms with van der Waals surface area (Å²) in [6, 6.07) is 0. The van der Waals surface area contributed by atoms with Gasteiger partial charge in [-0.2, -0.15) is 0 Å². The Kier molecular flexibility index (Phi) is 5.21. The molecule has 0 spiro atoms. The van der Waals surface area contributed by atoms with Crippen LogP contribution < -0.4 is 0 Å². The van der Waals surface area contributed by atoms with E-state index in [1.807, 2.05) is 20.8 Å². The Morgan fingerprint density at radius 2 is 1.89 bits per heavy atom. The molecule has 1 aliphatic carbocycles. The Morgan fingerprint density at radius 3 is 2.33 bits per heavy atom. The number of hydrogen-bond acceptors (Lipinski definition) is 3. The largest absolute Gasteiger partial charge is 0.393 e. The number of sulfonamides is 1. The molecule has 18 heavy (non-hydrogen) atoms. The van der Waals surface area contributed by atoms with Gasteiger partial charge in [-0.3, -0.25) is 0 Å². The summed E-state index contributed by atoms with van der Waals surface area (Å²) in [5.41, 5.74) is 0.0286. The fourth-order valence-corrected chi connectivity index (χ4v) is 3.87. The van der Waals surface area contributed by atoms with Crippen LogP contribution in [0.2, 0.25) is 0 Å². The summed E-state index contributed by atoms with van der Waals surface area (Å²) >= 11 is 0. The van der Waals surface area contributed by atoms with Crippen molar-refractivity contribution in [1.29, 1.82) is 0 Å². The lowest BCUT2D eigenvalue weighted by Crippen LogP contribution is -2.36. The van der Waals surface area contributed by atoms with E-state index in [1.165, 1.54) is 4.31 Å². The van der Waals surface area contributed by atoms with Crippen LogP contribution in [0, 0.1) is 11.3 Å². The van der Waals surface area contributed by atoms with E-state index in [0.29, 0.717) is 13.0 Å². The minimum absolute atomic E-state index is 0.0286. The number of aliphatic hydroxyl groups excluding tert-OH is 1. The van der Waals surface area contributed by atoms with Crippen molar-refractivity contribution in [3.8, 4) is 0 Å². The Balaban J connectivity index is 2.51. The summed E-state index contributed by atoms with van der Waals surface area (Å²) in [5, 5.41) is 9.74. The van der Waals surface area contributed by atoms with Gasteiger partial charge in [-0.25, -0.2) is 12.7 Å². The molecular formula is C13H27NO3S. The van der Waals surface area contributed by atoms with Gasteiger partial charge >= 0.3 is 0 Å². The number of aliphatic hydroxyl groups is 1. The van der Waals surface area contributed by atoms with Crippen molar-refractivity contribution >= 4 is 10.0 Å². The molecule has 1 saturated carbocycles. The maximum atomic E-state index is 12.1. The van der Waals surface area contributed by atoms with Crippen LogP contribution in [-0.2, 0) is 10.0 Å². The third kappa shape index (κ3) is 4.86. The minimum Gasteiger partial charge on any atom is -0.393 e. The van der Waals surface area contributed by atoms with Crippen LogP contribution in [0.25, 0.3) is 0 Å². The quantitative estimate of drug-likeness (QED) is 0.834. The molecule has 4 nitrogen and oxygen atoms in total. The van der Waals surface area contributed by atoms with Gasteiger partial charge < -0.3 is 5.11 Å². The lowest BCUT2D eigenvalue weighted by molar-refractivity contribution is 0.123. The topological polar surface area (TPSA) is 57.6 Å². The first-order valence-corrected chi connectivity index (χ1v) is 8.35. The van der Waals surface area contributed by atoms with Crippen LogP contribution in [0.1, 0.15) is 46.5 Å². The zero-order valence-electron chi connectivity index (χ0n) is 12.0. The van der Waals surface area contributed by atoms with E-state index < -0.39 is 10.0 Å². The molecule has 1 rings (SSSR count).